The molecular weight excluding hydrogens is 446 g/mol. The topological polar surface area (TPSA) is 103 Å². The molecule has 0 saturated heterocycles. The Morgan fingerprint density at radius 3 is 1.22 bits per heavy atom. The van der Waals surface area contributed by atoms with Crippen LogP contribution in [0.1, 0.15) is 20.8 Å². The maximum absolute atomic E-state index is 11.4. The summed E-state index contributed by atoms with van der Waals surface area (Å²) in [5.41, 5.74) is -0.502. The Balaban J connectivity index is 3.10. The average molecular weight is 488 g/mol. The van der Waals surface area contributed by atoms with Gasteiger partial charge in [0.05, 0.1) is 92.5 Å². The van der Waals surface area contributed by atoms with Gasteiger partial charge in [-0.1, -0.05) is 0 Å². The summed E-state index contributed by atoms with van der Waals surface area (Å²) >= 11 is 5.49. The third-order valence-corrected chi connectivity index (χ3v) is 3.52. The number of hydrogen-bond acceptors (Lipinski definition) is 9. The first-order valence-electron chi connectivity index (χ1n) is 11.0. The third kappa shape index (κ3) is 27.3. The maximum atomic E-state index is 11.4. The first kappa shape index (κ1) is 31.3. The molecule has 0 atom stereocenters. The summed E-state index contributed by atoms with van der Waals surface area (Å²) in [6.07, 6.45) is -0.448. The van der Waals surface area contributed by atoms with E-state index >= 15 is 0 Å². The second-order valence-corrected chi connectivity index (χ2v) is 7.78. The molecule has 0 bridgehead atoms. The van der Waals surface area contributed by atoms with Gasteiger partial charge in [0.2, 0.25) is 0 Å². The fourth-order valence-corrected chi connectivity index (χ4v) is 2.12. The summed E-state index contributed by atoms with van der Waals surface area (Å²) in [5, 5.41) is 2.62. The molecular formula is C21H42ClNO9. The zero-order valence-corrected chi connectivity index (χ0v) is 20.6. The molecule has 1 N–H and O–H groups in total. The van der Waals surface area contributed by atoms with Crippen LogP contribution in [-0.4, -0.2) is 117 Å². The molecule has 192 valence electrons. The molecule has 0 rings (SSSR count). The van der Waals surface area contributed by atoms with Crippen molar-refractivity contribution in [2.75, 3.05) is 105 Å². The van der Waals surface area contributed by atoms with E-state index in [1.807, 2.05) is 20.8 Å². The van der Waals surface area contributed by atoms with Crippen molar-refractivity contribution in [1.82, 2.24) is 5.32 Å². The maximum Gasteiger partial charge on any atom is 0.407 e. The summed E-state index contributed by atoms with van der Waals surface area (Å²) < 4.78 is 42.6. The van der Waals surface area contributed by atoms with Crippen molar-refractivity contribution in [2.24, 2.45) is 0 Å². The van der Waals surface area contributed by atoms with Crippen molar-refractivity contribution in [3.8, 4) is 0 Å². The molecule has 0 aliphatic rings. The fourth-order valence-electron chi connectivity index (χ4n) is 2.02. The van der Waals surface area contributed by atoms with Crippen LogP contribution in [0.2, 0.25) is 0 Å². The van der Waals surface area contributed by atoms with Crippen LogP contribution in [0.5, 0.6) is 0 Å². The predicted molar refractivity (Wildman–Crippen MR) is 121 cm³/mol. The summed E-state index contributed by atoms with van der Waals surface area (Å²) in [4.78, 5) is 11.4. The number of carbonyl (C=O) groups is 1. The molecule has 0 aromatic carbocycles. The van der Waals surface area contributed by atoms with E-state index < -0.39 is 11.7 Å². The van der Waals surface area contributed by atoms with Crippen LogP contribution in [0.3, 0.4) is 0 Å². The first-order valence-corrected chi connectivity index (χ1v) is 11.6. The molecule has 0 heterocycles. The number of nitrogens with one attached hydrogen (secondary N) is 1. The second kappa shape index (κ2) is 23.4. The van der Waals surface area contributed by atoms with E-state index in [2.05, 4.69) is 5.32 Å². The van der Waals surface area contributed by atoms with E-state index in [9.17, 15) is 4.79 Å². The molecule has 0 aromatic rings. The van der Waals surface area contributed by atoms with Gasteiger partial charge in [-0.2, -0.15) is 0 Å². The largest absolute Gasteiger partial charge is 0.444 e. The van der Waals surface area contributed by atoms with Crippen molar-refractivity contribution in [1.29, 1.82) is 0 Å². The highest BCUT2D eigenvalue weighted by atomic mass is 35.5. The van der Waals surface area contributed by atoms with E-state index in [0.717, 1.165) is 0 Å². The van der Waals surface area contributed by atoms with Crippen molar-refractivity contribution in [3.63, 3.8) is 0 Å². The Hall–Kier alpha value is -0.720. The molecule has 32 heavy (non-hydrogen) atoms. The number of rotatable bonds is 23. The van der Waals surface area contributed by atoms with Gasteiger partial charge in [0.15, 0.2) is 0 Å². The molecule has 11 heteroatoms. The highest BCUT2D eigenvalue weighted by molar-refractivity contribution is 6.17. The minimum atomic E-state index is -0.502. The number of alkyl carbamates (subject to hydrolysis) is 1. The van der Waals surface area contributed by atoms with Crippen LogP contribution < -0.4 is 5.32 Å². The van der Waals surface area contributed by atoms with Gasteiger partial charge in [0.1, 0.15) is 5.60 Å². The molecule has 1 amide bonds. The van der Waals surface area contributed by atoms with Crippen molar-refractivity contribution < 1.29 is 42.7 Å². The van der Waals surface area contributed by atoms with Gasteiger partial charge in [-0.15, -0.1) is 11.6 Å². The van der Waals surface area contributed by atoms with Gasteiger partial charge in [-0.25, -0.2) is 4.79 Å². The summed E-state index contributed by atoms with van der Waals surface area (Å²) in [6, 6.07) is 0. The van der Waals surface area contributed by atoms with E-state index in [-0.39, 0.29) is 0 Å². The van der Waals surface area contributed by atoms with Gasteiger partial charge in [0.25, 0.3) is 0 Å². The minimum Gasteiger partial charge on any atom is -0.444 e. The summed E-state index contributed by atoms with van der Waals surface area (Å²) in [7, 11) is 0. The Kier molecular flexibility index (Phi) is 22.9. The lowest BCUT2D eigenvalue weighted by atomic mass is 10.2. The van der Waals surface area contributed by atoms with Crippen LogP contribution in [0, 0.1) is 0 Å². The van der Waals surface area contributed by atoms with Gasteiger partial charge >= 0.3 is 6.09 Å². The molecule has 0 aliphatic carbocycles. The number of halogens is 1. The number of alkyl halides is 1. The number of hydrogen-bond donors (Lipinski definition) is 1. The predicted octanol–water partition coefficient (Wildman–Crippen LogP) is 1.87. The minimum absolute atomic E-state index is 0.391. The van der Waals surface area contributed by atoms with E-state index in [1.165, 1.54) is 0 Å². The van der Waals surface area contributed by atoms with Crippen LogP contribution in [0.25, 0.3) is 0 Å². The smallest absolute Gasteiger partial charge is 0.407 e. The number of carbonyl (C=O) groups excluding carboxylic acids is 1. The molecule has 0 aromatic heterocycles. The molecule has 0 aliphatic heterocycles. The zero-order chi connectivity index (χ0) is 23.8. The Morgan fingerprint density at radius 1 is 0.594 bits per heavy atom. The standard InChI is InChI=1S/C21H42ClNO9/c1-21(2,3)32-20(24)23-5-7-26-9-11-28-13-15-30-17-19-31-18-16-29-14-12-27-10-8-25-6-4-22/h4-19H2,1-3H3,(H,23,24). The molecule has 0 unspecified atom stereocenters. The van der Waals surface area contributed by atoms with E-state index in [0.29, 0.717) is 105 Å². The van der Waals surface area contributed by atoms with Gasteiger partial charge in [0, 0.05) is 12.4 Å². The molecule has 0 spiro atoms. The summed E-state index contributed by atoms with van der Waals surface area (Å²) in [6.45, 7) is 12.9. The monoisotopic (exact) mass is 487 g/mol. The van der Waals surface area contributed by atoms with Gasteiger partial charge in [-0.3, -0.25) is 0 Å². The van der Waals surface area contributed by atoms with Crippen molar-refractivity contribution in [2.45, 2.75) is 26.4 Å². The second-order valence-electron chi connectivity index (χ2n) is 7.40. The van der Waals surface area contributed by atoms with Crippen molar-refractivity contribution in [3.05, 3.63) is 0 Å². The number of amides is 1. The highest BCUT2D eigenvalue weighted by Crippen LogP contribution is 2.06. The Labute approximate surface area is 197 Å². The van der Waals surface area contributed by atoms with E-state index in [4.69, 9.17) is 49.5 Å². The quantitative estimate of drug-likeness (QED) is 0.171. The lowest BCUT2D eigenvalue weighted by Crippen LogP contribution is -2.34. The van der Waals surface area contributed by atoms with Gasteiger partial charge < -0.3 is 43.2 Å². The van der Waals surface area contributed by atoms with Gasteiger partial charge in [-0.05, 0) is 20.8 Å². The number of ether oxygens (including phenoxy) is 8. The Bertz CT molecular complexity index is 411. The molecule has 0 fully saturated rings. The highest BCUT2D eigenvalue weighted by Gasteiger charge is 2.15. The van der Waals surface area contributed by atoms with Crippen LogP contribution in [0.4, 0.5) is 4.79 Å². The normalized spacial score (nSPS) is 11.6. The SMILES string of the molecule is CC(C)(C)OC(=O)NCCOCCOCCOCCOCCOCCOCCOCCCl. The molecule has 10 nitrogen and oxygen atoms in total. The van der Waals surface area contributed by atoms with Crippen LogP contribution in [-0.2, 0) is 37.9 Å². The van der Waals surface area contributed by atoms with Crippen molar-refractivity contribution >= 4 is 17.7 Å². The zero-order valence-electron chi connectivity index (χ0n) is 19.9. The van der Waals surface area contributed by atoms with Crippen LogP contribution in [0.15, 0.2) is 0 Å². The Morgan fingerprint density at radius 2 is 0.906 bits per heavy atom. The fraction of sp³-hybridized carbons (Fsp3) is 0.952. The lowest BCUT2D eigenvalue weighted by Gasteiger charge is -2.19. The molecule has 0 radical (unpaired) electrons. The lowest BCUT2D eigenvalue weighted by molar-refractivity contribution is -0.0200. The van der Waals surface area contributed by atoms with Crippen LogP contribution >= 0.6 is 11.6 Å². The molecule has 0 saturated carbocycles. The average Bonchev–Trinajstić information content (AvgIpc) is 2.73. The summed E-state index contributed by atoms with van der Waals surface area (Å²) in [5.74, 6) is 0.497. The van der Waals surface area contributed by atoms with E-state index in [1.54, 1.807) is 0 Å². The third-order valence-electron chi connectivity index (χ3n) is 3.37. The first-order chi connectivity index (χ1) is 15.5.